The molecule has 1 aliphatic heterocycles. The first kappa shape index (κ1) is 28.5. The molecule has 10 heteroatoms. The minimum atomic E-state index is -4.45. The average molecular weight is 576 g/mol. The fourth-order valence-electron chi connectivity index (χ4n) is 4.74. The number of hydrogen-bond acceptors (Lipinski definition) is 5. The molecule has 4 aromatic rings. The summed E-state index contributed by atoms with van der Waals surface area (Å²) in [4.78, 5) is 26.5. The molecule has 0 radical (unpaired) electrons. The summed E-state index contributed by atoms with van der Waals surface area (Å²) in [7, 11) is 1.53. The Morgan fingerprint density at radius 2 is 1.62 bits per heavy atom. The predicted molar refractivity (Wildman–Crippen MR) is 152 cm³/mol. The van der Waals surface area contributed by atoms with E-state index < -0.39 is 17.9 Å². The fraction of sp³-hybridized carbons (Fsp3) is 0.188. The summed E-state index contributed by atoms with van der Waals surface area (Å²) in [5, 5.41) is 6.12. The lowest BCUT2D eigenvalue weighted by Gasteiger charge is -2.38. The van der Waals surface area contributed by atoms with Gasteiger partial charge in [-0.1, -0.05) is 42.5 Å². The summed E-state index contributed by atoms with van der Waals surface area (Å²) in [6.45, 7) is 1.73. The van der Waals surface area contributed by atoms with Gasteiger partial charge in [-0.25, -0.2) is 0 Å². The van der Waals surface area contributed by atoms with Gasteiger partial charge < -0.3 is 25.0 Å². The third-order valence-electron chi connectivity index (χ3n) is 6.83. The highest BCUT2D eigenvalue weighted by molar-refractivity contribution is 6.01. The molecule has 1 atom stereocenters. The first-order chi connectivity index (χ1) is 20.1. The molecule has 0 spiro atoms. The van der Waals surface area contributed by atoms with Gasteiger partial charge in [0.15, 0.2) is 11.5 Å². The van der Waals surface area contributed by atoms with E-state index in [-0.39, 0.29) is 25.0 Å². The number of halogens is 3. The van der Waals surface area contributed by atoms with E-state index in [1.807, 2.05) is 24.3 Å². The van der Waals surface area contributed by atoms with E-state index >= 15 is 0 Å². The van der Waals surface area contributed by atoms with Crippen LogP contribution in [0.25, 0.3) is 0 Å². The van der Waals surface area contributed by atoms with Gasteiger partial charge in [-0.05, 0) is 65.2 Å². The van der Waals surface area contributed by atoms with Crippen molar-refractivity contribution in [3.05, 3.63) is 119 Å². The van der Waals surface area contributed by atoms with Gasteiger partial charge in [0.2, 0.25) is 5.91 Å². The average Bonchev–Trinajstić information content (AvgIpc) is 2.97. The highest BCUT2D eigenvalue weighted by atomic mass is 19.4. The second-order valence-electron chi connectivity index (χ2n) is 9.80. The highest BCUT2D eigenvalue weighted by Crippen LogP contribution is 2.38. The minimum Gasteiger partial charge on any atom is -0.493 e. The van der Waals surface area contributed by atoms with Crippen molar-refractivity contribution < 1.29 is 32.2 Å². The predicted octanol–water partition coefficient (Wildman–Crippen LogP) is 7.02. The smallest absolute Gasteiger partial charge is 0.416 e. The second kappa shape index (κ2) is 11.9. The van der Waals surface area contributed by atoms with Crippen LogP contribution < -0.4 is 20.1 Å². The number of hydrogen-bond donors (Lipinski definition) is 2. The first-order valence-corrected chi connectivity index (χ1v) is 13.1. The molecule has 1 aliphatic rings. The monoisotopic (exact) mass is 575 g/mol. The summed E-state index contributed by atoms with van der Waals surface area (Å²) in [5.41, 5.74) is 3.14. The van der Waals surface area contributed by atoms with Crippen LogP contribution in [0.4, 0.5) is 24.5 Å². The van der Waals surface area contributed by atoms with Gasteiger partial charge in [-0.15, -0.1) is 0 Å². The number of nitrogens with one attached hydrogen (secondary N) is 2. The Morgan fingerprint density at radius 1 is 0.929 bits per heavy atom. The zero-order valence-electron chi connectivity index (χ0n) is 22.9. The molecule has 0 saturated carbocycles. The molecule has 1 heterocycles. The number of methoxy groups -OCH3 is 1. The molecular formula is C32H28F3N3O4. The summed E-state index contributed by atoms with van der Waals surface area (Å²) in [6, 6.07) is 24.5. The van der Waals surface area contributed by atoms with E-state index in [4.69, 9.17) is 9.47 Å². The lowest BCUT2D eigenvalue weighted by Crippen LogP contribution is -2.42. The van der Waals surface area contributed by atoms with Crippen molar-refractivity contribution in [1.82, 2.24) is 4.90 Å². The summed E-state index contributed by atoms with van der Waals surface area (Å²) in [6.07, 6.45) is -5.09. The first-order valence-electron chi connectivity index (χ1n) is 13.1. The Morgan fingerprint density at radius 3 is 2.29 bits per heavy atom. The zero-order chi connectivity index (χ0) is 29.9. The number of rotatable bonds is 8. The van der Waals surface area contributed by atoms with Crippen molar-refractivity contribution in [3.8, 4) is 11.5 Å². The molecule has 5 rings (SSSR count). The molecule has 1 unspecified atom stereocenters. The summed E-state index contributed by atoms with van der Waals surface area (Å²) in [5.74, 6) is 0.520. The molecule has 7 nitrogen and oxygen atoms in total. The minimum absolute atomic E-state index is 0.0752. The molecule has 0 fully saturated rings. The van der Waals surface area contributed by atoms with Crippen LogP contribution in [0, 0.1) is 0 Å². The van der Waals surface area contributed by atoms with E-state index in [2.05, 4.69) is 10.6 Å². The number of benzene rings is 4. The van der Waals surface area contributed by atoms with Crippen molar-refractivity contribution >= 4 is 23.2 Å². The van der Waals surface area contributed by atoms with E-state index in [0.717, 1.165) is 17.7 Å². The topological polar surface area (TPSA) is 79.9 Å². The third kappa shape index (κ3) is 6.33. The molecule has 216 valence electrons. The normalized spacial score (nSPS) is 14.5. The molecule has 0 aliphatic carbocycles. The second-order valence-corrected chi connectivity index (χ2v) is 9.80. The van der Waals surface area contributed by atoms with Gasteiger partial charge in [0, 0.05) is 24.8 Å². The molecule has 0 bridgehead atoms. The summed E-state index contributed by atoms with van der Waals surface area (Å²) < 4.78 is 51.0. The number of carbonyl (C=O) groups is 2. The molecule has 42 heavy (non-hydrogen) atoms. The van der Waals surface area contributed by atoms with E-state index in [9.17, 15) is 22.8 Å². The molecule has 2 N–H and O–H groups in total. The number of carbonyl (C=O) groups excluding carboxylic acids is 2. The summed E-state index contributed by atoms with van der Waals surface area (Å²) >= 11 is 0. The van der Waals surface area contributed by atoms with Gasteiger partial charge >= 0.3 is 6.18 Å². The Hall–Kier alpha value is -4.99. The van der Waals surface area contributed by atoms with Crippen LogP contribution in [-0.4, -0.2) is 23.8 Å². The number of para-hydroxylation sites is 1. The Labute approximate surface area is 240 Å². The molecule has 4 aromatic carbocycles. The van der Waals surface area contributed by atoms with Crippen LogP contribution in [0.3, 0.4) is 0 Å². The van der Waals surface area contributed by atoms with Crippen molar-refractivity contribution in [2.24, 2.45) is 0 Å². The van der Waals surface area contributed by atoms with Crippen molar-refractivity contribution in [2.45, 2.75) is 32.4 Å². The van der Waals surface area contributed by atoms with Crippen LogP contribution in [0.15, 0.2) is 91.0 Å². The largest absolute Gasteiger partial charge is 0.493 e. The SMILES string of the molecule is COc1ccc(C2Nc3ccccc3C(=O)N2Cc2ccc(C(F)(F)F)cc2)cc1OCc1ccc(NC(C)=O)cc1. The maximum absolute atomic E-state index is 13.7. The van der Waals surface area contributed by atoms with Gasteiger partial charge in [-0.3, -0.25) is 9.59 Å². The van der Waals surface area contributed by atoms with Gasteiger partial charge in [-0.2, -0.15) is 13.2 Å². The maximum atomic E-state index is 13.7. The van der Waals surface area contributed by atoms with E-state index in [1.54, 1.807) is 47.4 Å². The van der Waals surface area contributed by atoms with Crippen LogP contribution in [0.1, 0.15) is 45.7 Å². The van der Waals surface area contributed by atoms with Crippen LogP contribution in [0.5, 0.6) is 11.5 Å². The van der Waals surface area contributed by atoms with Crippen LogP contribution in [0.2, 0.25) is 0 Å². The molecule has 0 aromatic heterocycles. The van der Waals surface area contributed by atoms with Crippen molar-refractivity contribution in [3.63, 3.8) is 0 Å². The van der Waals surface area contributed by atoms with E-state index in [1.165, 1.54) is 26.2 Å². The quantitative estimate of drug-likeness (QED) is 0.236. The number of alkyl halides is 3. The number of fused-ring (bicyclic) bond motifs is 1. The Bertz CT molecular complexity index is 1590. The Balaban J connectivity index is 1.43. The number of anilines is 2. The lowest BCUT2D eigenvalue weighted by molar-refractivity contribution is -0.137. The molecular weight excluding hydrogens is 547 g/mol. The van der Waals surface area contributed by atoms with E-state index in [0.29, 0.717) is 39.6 Å². The van der Waals surface area contributed by atoms with Gasteiger partial charge in [0.25, 0.3) is 5.91 Å². The maximum Gasteiger partial charge on any atom is 0.416 e. The number of ether oxygens (including phenoxy) is 2. The van der Waals surface area contributed by atoms with Crippen molar-refractivity contribution in [2.75, 3.05) is 17.7 Å². The number of nitrogens with zero attached hydrogens (tertiary/aromatic N) is 1. The third-order valence-corrected chi connectivity index (χ3v) is 6.83. The van der Waals surface area contributed by atoms with Crippen LogP contribution >= 0.6 is 0 Å². The fourth-order valence-corrected chi connectivity index (χ4v) is 4.74. The Kier molecular flexibility index (Phi) is 8.06. The van der Waals surface area contributed by atoms with Crippen LogP contribution in [-0.2, 0) is 24.1 Å². The zero-order valence-corrected chi connectivity index (χ0v) is 22.9. The van der Waals surface area contributed by atoms with Gasteiger partial charge in [0.1, 0.15) is 12.8 Å². The van der Waals surface area contributed by atoms with Crippen molar-refractivity contribution in [1.29, 1.82) is 0 Å². The highest BCUT2D eigenvalue weighted by Gasteiger charge is 2.34. The molecule has 2 amide bonds. The van der Waals surface area contributed by atoms with Gasteiger partial charge in [0.05, 0.1) is 18.2 Å². The number of amides is 2. The molecule has 0 saturated heterocycles. The lowest BCUT2D eigenvalue weighted by atomic mass is 10.0. The standard InChI is InChI=1S/C32H28F3N3O4/c1-20(39)36-25-14-9-22(10-15-25)19-42-29-17-23(11-16-28(29)41-2)30-37-27-6-4-3-5-26(27)31(40)38(30)18-21-7-12-24(13-8-21)32(33,34)35/h3-17,30,37H,18-19H2,1-2H3,(H,36,39).